The Kier molecular flexibility index (Phi) is 11.5. The van der Waals surface area contributed by atoms with E-state index in [1.54, 1.807) is 18.2 Å². The Hall–Kier alpha value is -1.12. The first-order chi connectivity index (χ1) is 11.2. The van der Waals surface area contributed by atoms with E-state index in [1.807, 2.05) is 6.07 Å². The van der Waals surface area contributed by atoms with Crippen LogP contribution in [0.1, 0.15) is 71.1 Å². The largest absolute Gasteiger partial charge is 0.747 e. The van der Waals surface area contributed by atoms with Crippen molar-refractivity contribution in [1.29, 1.82) is 0 Å². The average Bonchev–Trinajstić information content (AvgIpc) is 2.52. The quantitative estimate of drug-likeness (QED) is 0.332. The van der Waals surface area contributed by atoms with Crippen LogP contribution >= 0.6 is 8.25 Å². The Labute approximate surface area is 141 Å². The van der Waals surface area contributed by atoms with Gasteiger partial charge >= 0.3 is 8.25 Å². The normalized spacial score (nSPS) is 11.3. The Morgan fingerprint density at radius 1 is 0.913 bits per heavy atom. The molecule has 0 aliphatic carbocycles. The minimum absolute atomic E-state index is 0.356. The van der Waals surface area contributed by atoms with Gasteiger partial charge in [0.25, 0.3) is 0 Å². The zero-order valence-corrected chi connectivity index (χ0v) is 15.1. The molecular weight excluding hydrogens is 311 g/mol. The van der Waals surface area contributed by atoms with E-state index in [9.17, 15) is 4.57 Å². The summed E-state index contributed by atoms with van der Waals surface area (Å²) in [6.07, 6.45) is 13.0. The van der Waals surface area contributed by atoms with Crippen LogP contribution in [0.2, 0.25) is 0 Å². The van der Waals surface area contributed by atoms with Gasteiger partial charge in [-0.15, -0.1) is 4.89 Å². The standard InChI is InChI=1S/C18H29O4P/c1-2-3-4-5-6-7-8-9-10-11-15-21-17-13-12-14-18(16-17)22-23(19)20/h12-14,16H,2-11,15H2,1H3/p+1. The molecule has 4 nitrogen and oxygen atoms in total. The molecule has 0 saturated carbocycles. The molecule has 0 aromatic heterocycles. The molecule has 1 aromatic rings. The lowest BCUT2D eigenvalue weighted by molar-refractivity contribution is 0.303. The number of hydrogen-bond acceptors (Lipinski definition) is 3. The van der Waals surface area contributed by atoms with Crippen LogP contribution in [0, 0.1) is 0 Å². The second kappa shape index (κ2) is 13.3. The minimum atomic E-state index is -2.62. The summed E-state index contributed by atoms with van der Waals surface area (Å²) in [4.78, 5) is 8.72. The molecule has 1 rings (SSSR count). The highest BCUT2D eigenvalue weighted by Crippen LogP contribution is 2.26. The highest BCUT2D eigenvalue weighted by atomic mass is 31.1. The fraction of sp³-hybridized carbons (Fsp3) is 0.667. The molecule has 0 aliphatic rings. The number of rotatable bonds is 14. The van der Waals surface area contributed by atoms with Crippen LogP contribution in [0.15, 0.2) is 24.3 Å². The number of benzene rings is 1. The maximum atomic E-state index is 10.6. The highest BCUT2D eigenvalue weighted by Gasteiger charge is 2.14. The molecule has 0 heterocycles. The summed E-state index contributed by atoms with van der Waals surface area (Å²) in [7, 11) is -2.62. The molecule has 5 heteroatoms. The van der Waals surface area contributed by atoms with Gasteiger partial charge in [0.1, 0.15) is 5.75 Å². The van der Waals surface area contributed by atoms with Gasteiger partial charge in [-0.3, -0.25) is 0 Å². The molecule has 130 valence electrons. The van der Waals surface area contributed by atoms with E-state index in [0.717, 1.165) is 6.42 Å². The van der Waals surface area contributed by atoms with Gasteiger partial charge in [0.05, 0.1) is 6.61 Å². The summed E-state index contributed by atoms with van der Waals surface area (Å²) in [6, 6.07) is 6.85. The summed E-state index contributed by atoms with van der Waals surface area (Å²) >= 11 is 0. The molecule has 1 N–H and O–H groups in total. The van der Waals surface area contributed by atoms with Crippen molar-refractivity contribution >= 4 is 8.25 Å². The van der Waals surface area contributed by atoms with E-state index < -0.39 is 8.25 Å². The molecule has 23 heavy (non-hydrogen) atoms. The molecule has 0 radical (unpaired) electrons. The van der Waals surface area contributed by atoms with Gasteiger partial charge in [0.15, 0.2) is 5.75 Å². The van der Waals surface area contributed by atoms with E-state index in [0.29, 0.717) is 18.1 Å². The molecule has 0 spiro atoms. The minimum Gasteiger partial charge on any atom is -0.493 e. The van der Waals surface area contributed by atoms with Gasteiger partial charge in [-0.1, -0.05) is 70.8 Å². The van der Waals surface area contributed by atoms with Crippen molar-refractivity contribution in [3.05, 3.63) is 24.3 Å². The first-order valence-electron chi connectivity index (χ1n) is 8.79. The van der Waals surface area contributed by atoms with Crippen LogP contribution < -0.4 is 9.26 Å². The Bertz CT molecular complexity index is 437. The average molecular weight is 341 g/mol. The third kappa shape index (κ3) is 11.1. The Balaban J connectivity index is 1.99. The van der Waals surface area contributed by atoms with Crippen molar-refractivity contribution in [1.82, 2.24) is 0 Å². The van der Waals surface area contributed by atoms with Gasteiger partial charge in [-0.2, -0.15) is 0 Å². The second-order valence-corrected chi connectivity index (χ2v) is 6.49. The molecule has 1 unspecified atom stereocenters. The van der Waals surface area contributed by atoms with Crippen molar-refractivity contribution in [3.63, 3.8) is 0 Å². The predicted octanol–water partition coefficient (Wildman–Crippen LogP) is 6.01. The summed E-state index contributed by atoms with van der Waals surface area (Å²) in [5.74, 6) is 1.03. The van der Waals surface area contributed by atoms with Crippen LogP contribution in [0.25, 0.3) is 0 Å². The van der Waals surface area contributed by atoms with Crippen molar-refractivity contribution in [3.8, 4) is 11.5 Å². The topological polar surface area (TPSA) is 55.8 Å². The Morgan fingerprint density at radius 2 is 1.48 bits per heavy atom. The summed E-state index contributed by atoms with van der Waals surface area (Å²) in [6.45, 7) is 2.92. The molecule has 0 fully saturated rings. The zero-order chi connectivity index (χ0) is 16.8. The van der Waals surface area contributed by atoms with Crippen LogP contribution in [0.3, 0.4) is 0 Å². The van der Waals surface area contributed by atoms with Crippen LogP contribution in [-0.2, 0) is 4.57 Å². The lowest BCUT2D eigenvalue weighted by Gasteiger charge is -2.06. The second-order valence-electron chi connectivity index (χ2n) is 5.83. The van der Waals surface area contributed by atoms with Gasteiger partial charge in [-0.05, 0) is 18.6 Å². The van der Waals surface area contributed by atoms with Gasteiger partial charge in [0.2, 0.25) is 0 Å². The van der Waals surface area contributed by atoms with Crippen LogP contribution in [0.4, 0.5) is 0 Å². The first kappa shape index (κ1) is 19.9. The number of hydrogen-bond donors (Lipinski definition) is 1. The monoisotopic (exact) mass is 341 g/mol. The Morgan fingerprint density at radius 3 is 2.09 bits per heavy atom. The lowest BCUT2D eigenvalue weighted by atomic mass is 10.1. The van der Waals surface area contributed by atoms with Gasteiger partial charge in [0, 0.05) is 10.6 Å². The summed E-state index contributed by atoms with van der Waals surface area (Å²) in [5, 5.41) is 0. The van der Waals surface area contributed by atoms with Crippen molar-refractivity contribution < 1.29 is 18.7 Å². The molecule has 0 bridgehead atoms. The van der Waals surface area contributed by atoms with Gasteiger partial charge in [-0.25, -0.2) is 4.52 Å². The van der Waals surface area contributed by atoms with Crippen molar-refractivity contribution in [2.75, 3.05) is 6.61 Å². The maximum Gasteiger partial charge on any atom is 0.747 e. The molecule has 0 saturated heterocycles. The van der Waals surface area contributed by atoms with E-state index >= 15 is 0 Å². The summed E-state index contributed by atoms with van der Waals surface area (Å²) < 4.78 is 21.0. The molecule has 0 amide bonds. The number of ether oxygens (including phenoxy) is 1. The maximum absolute atomic E-state index is 10.6. The van der Waals surface area contributed by atoms with E-state index in [4.69, 9.17) is 14.2 Å². The number of unbranched alkanes of at least 4 members (excludes halogenated alkanes) is 9. The molecule has 1 atom stereocenters. The molecule has 0 aliphatic heterocycles. The van der Waals surface area contributed by atoms with E-state index in [-0.39, 0.29) is 0 Å². The fourth-order valence-electron chi connectivity index (χ4n) is 2.49. The van der Waals surface area contributed by atoms with Crippen molar-refractivity contribution in [2.24, 2.45) is 0 Å². The predicted molar refractivity (Wildman–Crippen MR) is 94.2 cm³/mol. The first-order valence-corrected chi connectivity index (χ1v) is 9.92. The SMILES string of the molecule is CCCCCCCCCCCCOc1cccc(O[P+](=O)O)c1. The fourth-order valence-corrected chi connectivity index (χ4v) is 2.78. The third-order valence-corrected chi connectivity index (χ3v) is 4.12. The van der Waals surface area contributed by atoms with Crippen LogP contribution in [0.5, 0.6) is 11.5 Å². The van der Waals surface area contributed by atoms with E-state index in [2.05, 4.69) is 6.92 Å². The zero-order valence-electron chi connectivity index (χ0n) is 14.2. The molecular formula is C18H30O4P+. The summed E-state index contributed by atoms with van der Waals surface area (Å²) in [5.41, 5.74) is 0. The lowest BCUT2D eigenvalue weighted by Crippen LogP contribution is -1.97. The highest BCUT2D eigenvalue weighted by molar-refractivity contribution is 7.32. The van der Waals surface area contributed by atoms with E-state index in [1.165, 1.54) is 57.8 Å². The smallest absolute Gasteiger partial charge is 0.493 e. The van der Waals surface area contributed by atoms with Crippen LogP contribution in [-0.4, -0.2) is 11.5 Å². The third-order valence-electron chi connectivity index (χ3n) is 3.76. The van der Waals surface area contributed by atoms with Crippen molar-refractivity contribution in [2.45, 2.75) is 71.1 Å². The molecule has 1 aromatic carbocycles. The van der Waals surface area contributed by atoms with Gasteiger partial charge < -0.3 is 4.74 Å².